The molecule has 2 aromatic rings. The van der Waals surface area contributed by atoms with Gasteiger partial charge in [-0.05, 0) is 0 Å². The lowest BCUT2D eigenvalue weighted by Crippen LogP contribution is -2.18. The molecule has 0 fully saturated rings. The number of halogens is 3. The second-order valence-electron chi connectivity index (χ2n) is 4.41. The van der Waals surface area contributed by atoms with Crippen molar-refractivity contribution in [3.05, 3.63) is 24.3 Å². The first kappa shape index (κ1) is 15.2. The van der Waals surface area contributed by atoms with Crippen LogP contribution in [0.3, 0.4) is 0 Å². The molecule has 0 aromatic carbocycles. The number of rotatable bonds is 5. The molecule has 0 atom stereocenters. The van der Waals surface area contributed by atoms with Gasteiger partial charge >= 0.3 is 6.18 Å². The summed E-state index contributed by atoms with van der Waals surface area (Å²) >= 11 is 0. The van der Waals surface area contributed by atoms with Gasteiger partial charge in [0.2, 0.25) is 0 Å². The van der Waals surface area contributed by atoms with Gasteiger partial charge in [-0.1, -0.05) is 0 Å². The van der Waals surface area contributed by atoms with Gasteiger partial charge in [0.15, 0.2) is 0 Å². The van der Waals surface area contributed by atoms with Crippen molar-refractivity contribution in [1.29, 1.82) is 0 Å². The highest BCUT2D eigenvalue weighted by Crippen LogP contribution is 2.18. The number of alkyl halides is 3. The third-order valence-electron chi connectivity index (χ3n) is 2.53. The molecule has 114 valence electrons. The van der Waals surface area contributed by atoms with E-state index in [4.69, 9.17) is 5.73 Å². The molecule has 6 nitrogen and oxygen atoms in total. The molecule has 0 unspecified atom stereocenters. The molecule has 0 aliphatic carbocycles. The van der Waals surface area contributed by atoms with Crippen LogP contribution in [0.15, 0.2) is 18.5 Å². The van der Waals surface area contributed by atoms with E-state index in [0.717, 1.165) is 5.56 Å². The summed E-state index contributed by atoms with van der Waals surface area (Å²) in [5.74, 6) is 0.575. The molecule has 0 amide bonds. The Morgan fingerprint density at radius 1 is 1.33 bits per heavy atom. The Labute approximate surface area is 118 Å². The van der Waals surface area contributed by atoms with E-state index in [2.05, 4.69) is 19.8 Å². The van der Waals surface area contributed by atoms with Crippen LogP contribution in [0.25, 0.3) is 11.3 Å². The first-order chi connectivity index (χ1) is 9.83. The number of nitrogens with two attached hydrogens (primary N) is 1. The van der Waals surface area contributed by atoms with Crippen molar-refractivity contribution in [3.63, 3.8) is 0 Å². The topological polar surface area (TPSA) is 78.9 Å². The van der Waals surface area contributed by atoms with Crippen LogP contribution in [0.5, 0.6) is 0 Å². The van der Waals surface area contributed by atoms with Crippen LogP contribution in [0.1, 0.15) is 5.82 Å². The molecule has 0 radical (unpaired) electrons. The minimum Gasteiger partial charge on any atom is -0.384 e. The molecular weight excluding hydrogens is 287 g/mol. The fourth-order valence-electron chi connectivity index (χ4n) is 1.68. The summed E-state index contributed by atoms with van der Waals surface area (Å²) in [5.41, 5.74) is 7.00. The van der Waals surface area contributed by atoms with Crippen LogP contribution < -0.4 is 5.73 Å². The van der Waals surface area contributed by atoms with E-state index in [1.807, 2.05) is 0 Å². The Kier molecular flexibility index (Phi) is 4.41. The molecule has 0 bridgehead atoms. The van der Waals surface area contributed by atoms with Gasteiger partial charge in [0, 0.05) is 31.3 Å². The summed E-state index contributed by atoms with van der Waals surface area (Å²) in [6, 6.07) is 1.58. The number of aromatic nitrogens is 4. The minimum absolute atomic E-state index is 0.130. The van der Waals surface area contributed by atoms with Crippen molar-refractivity contribution in [2.75, 3.05) is 18.9 Å². The third kappa shape index (κ3) is 4.71. The molecule has 21 heavy (non-hydrogen) atoms. The summed E-state index contributed by atoms with van der Waals surface area (Å²) in [6.45, 7) is -1.42. The minimum atomic E-state index is -4.34. The molecule has 0 saturated heterocycles. The predicted molar refractivity (Wildman–Crippen MR) is 69.2 cm³/mol. The molecule has 0 saturated carbocycles. The van der Waals surface area contributed by atoms with Gasteiger partial charge in [-0.3, -0.25) is 4.68 Å². The van der Waals surface area contributed by atoms with Crippen LogP contribution >= 0.6 is 0 Å². The zero-order chi connectivity index (χ0) is 15.5. The van der Waals surface area contributed by atoms with E-state index < -0.39 is 12.8 Å². The quantitative estimate of drug-likeness (QED) is 0.848. The Morgan fingerprint density at radius 2 is 2.10 bits per heavy atom. The van der Waals surface area contributed by atoms with E-state index in [1.54, 1.807) is 30.2 Å². The highest BCUT2D eigenvalue weighted by molar-refractivity contribution is 5.60. The number of nitrogen functional groups attached to an aromatic ring is 1. The van der Waals surface area contributed by atoms with E-state index in [-0.39, 0.29) is 18.8 Å². The average Bonchev–Trinajstić information content (AvgIpc) is 2.80. The van der Waals surface area contributed by atoms with Crippen LogP contribution in [-0.2, 0) is 18.2 Å². The molecule has 2 N–H and O–H groups in total. The maximum absolute atomic E-state index is 11.9. The molecule has 2 rings (SSSR count). The van der Waals surface area contributed by atoms with Gasteiger partial charge in [-0.15, -0.1) is 0 Å². The summed E-state index contributed by atoms with van der Waals surface area (Å²) < 4.78 is 42.0. The second-order valence-corrected chi connectivity index (χ2v) is 4.41. The number of nitrogens with zero attached hydrogens (tertiary/aromatic N) is 4. The number of anilines is 1. The molecule has 9 heteroatoms. The Morgan fingerprint density at radius 3 is 2.71 bits per heavy atom. The fourth-order valence-corrected chi connectivity index (χ4v) is 1.68. The largest absolute Gasteiger partial charge is 0.411 e. The number of aryl methyl sites for hydroxylation is 1. The van der Waals surface area contributed by atoms with Gasteiger partial charge in [-0.2, -0.15) is 18.3 Å². The summed E-state index contributed by atoms with van der Waals surface area (Å²) in [6.07, 6.45) is -0.816. The zero-order valence-corrected chi connectivity index (χ0v) is 11.3. The van der Waals surface area contributed by atoms with Crippen molar-refractivity contribution in [2.45, 2.75) is 12.6 Å². The van der Waals surface area contributed by atoms with Gasteiger partial charge in [0.05, 0.1) is 18.5 Å². The lowest BCUT2D eigenvalue weighted by Gasteiger charge is -2.08. The van der Waals surface area contributed by atoms with Gasteiger partial charge < -0.3 is 10.5 Å². The molecule has 0 aliphatic heterocycles. The number of hydrogen-bond donors (Lipinski definition) is 1. The van der Waals surface area contributed by atoms with Gasteiger partial charge in [-0.25, -0.2) is 9.97 Å². The molecular formula is C12H14F3N5O. The zero-order valence-electron chi connectivity index (χ0n) is 11.3. The maximum Gasteiger partial charge on any atom is 0.411 e. The number of hydrogen-bond acceptors (Lipinski definition) is 5. The SMILES string of the molecule is Cn1cc(-c2cc(N)nc(CCOCC(F)(F)F)n2)cn1. The third-order valence-corrected chi connectivity index (χ3v) is 2.53. The van der Waals surface area contributed by atoms with Crippen molar-refractivity contribution < 1.29 is 17.9 Å². The van der Waals surface area contributed by atoms with Crippen LogP contribution in [0, 0.1) is 0 Å². The van der Waals surface area contributed by atoms with Crippen molar-refractivity contribution in [1.82, 2.24) is 19.7 Å². The van der Waals surface area contributed by atoms with E-state index in [1.165, 1.54) is 0 Å². The average molecular weight is 301 g/mol. The second kappa shape index (κ2) is 6.08. The Bertz CT molecular complexity index is 611. The molecule has 0 spiro atoms. The standard InChI is InChI=1S/C12H14F3N5O/c1-20-6-8(5-17-20)9-4-10(16)19-11(18-9)2-3-21-7-12(13,14)15/h4-6H,2-3,7H2,1H3,(H2,16,18,19). The van der Waals surface area contributed by atoms with E-state index in [0.29, 0.717) is 11.5 Å². The first-order valence-electron chi connectivity index (χ1n) is 6.10. The van der Waals surface area contributed by atoms with E-state index >= 15 is 0 Å². The normalized spacial score (nSPS) is 11.8. The first-order valence-corrected chi connectivity index (χ1v) is 6.10. The molecule has 0 aliphatic rings. The van der Waals surface area contributed by atoms with Crippen molar-refractivity contribution in [3.8, 4) is 11.3 Å². The number of ether oxygens (including phenoxy) is 1. The van der Waals surface area contributed by atoms with E-state index in [9.17, 15) is 13.2 Å². The van der Waals surface area contributed by atoms with Crippen molar-refractivity contribution >= 4 is 5.82 Å². The lowest BCUT2D eigenvalue weighted by atomic mass is 10.2. The lowest BCUT2D eigenvalue weighted by molar-refractivity contribution is -0.173. The smallest absolute Gasteiger partial charge is 0.384 e. The highest BCUT2D eigenvalue weighted by Gasteiger charge is 2.27. The molecule has 2 heterocycles. The van der Waals surface area contributed by atoms with Crippen LogP contribution in [0.4, 0.5) is 19.0 Å². The Balaban J connectivity index is 2.02. The van der Waals surface area contributed by atoms with Crippen molar-refractivity contribution in [2.24, 2.45) is 7.05 Å². The summed E-state index contributed by atoms with van der Waals surface area (Å²) in [5, 5.41) is 4.02. The maximum atomic E-state index is 11.9. The fraction of sp³-hybridized carbons (Fsp3) is 0.417. The van der Waals surface area contributed by atoms with Crippen LogP contribution in [0.2, 0.25) is 0 Å². The highest BCUT2D eigenvalue weighted by atomic mass is 19.4. The summed E-state index contributed by atoms with van der Waals surface area (Å²) in [4.78, 5) is 8.22. The Hall–Kier alpha value is -2.16. The predicted octanol–water partition coefficient (Wildman–Crippen LogP) is 1.58. The van der Waals surface area contributed by atoms with Crippen LogP contribution in [-0.4, -0.2) is 39.1 Å². The van der Waals surface area contributed by atoms with Gasteiger partial charge in [0.1, 0.15) is 18.2 Å². The van der Waals surface area contributed by atoms with Gasteiger partial charge in [0.25, 0.3) is 0 Å². The summed E-state index contributed by atoms with van der Waals surface area (Å²) in [7, 11) is 1.76. The molecule has 2 aromatic heterocycles. The monoisotopic (exact) mass is 301 g/mol.